The number of rotatable bonds is 20. The van der Waals surface area contributed by atoms with Gasteiger partial charge in [-0.2, -0.15) is 0 Å². The van der Waals surface area contributed by atoms with Crippen LogP contribution >= 0.6 is 40.3 Å². The molecule has 0 radical (unpaired) electrons. The molecule has 3 rings (SSSR count). The molecular formula is C32H46BrClN2O3S. The maximum absolute atomic E-state index is 12.4. The molecule has 2 aromatic carbocycles. The Balaban J connectivity index is 0.00000560. The van der Waals surface area contributed by atoms with Gasteiger partial charge in [0.2, 0.25) is 0 Å². The summed E-state index contributed by atoms with van der Waals surface area (Å²) in [6.45, 7) is 3.67. The number of amides is 1. The van der Waals surface area contributed by atoms with Crippen LogP contribution in [0.2, 0.25) is 5.02 Å². The normalized spacial score (nSPS) is 12.3. The Morgan fingerprint density at radius 2 is 1.55 bits per heavy atom. The molecule has 1 heterocycles. The Morgan fingerprint density at radius 1 is 0.900 bits per heavy atom. The summed E-state index contributed by atoms with van der Waals surface area (Å²) in [7, 11) is 0. The lowest BCUT2D eigenvalue weighted by Gasteiger charge is -2.15. The van der Waals surface area contributed by atoms with Crippen molar-refractivity contribution in [3.8, 4) is 11.5 Å². The fourth-order valence-electron chi connectivity index (χ4n) is 4.49. The van der Waals surface area contributed by atoms with Gasteiger partial charge in [0.05, 0.1) is 17.5 Å². The van der Waals surface area contributed by atoms with Crippen LogP contribution in [-0.2, 0) is 11.3 Å². The molecular weight excluding hydrogens is 608 g/mol. The van der Waals surface area contributed by atoms with Crippen molar-refractivity contribution in [2.45, 2.75) is 90.5 Å². The highest BCUT2D eigenvalue weighted by atomic mass is 79.9. The lowest BCUT2D eigenvalue weighted by Crippen LogP contribution is -2.20. The fraction of sp³-hybridized carbons (Fsp3) is 0.531. The van der Waals surface area contributed by atoms with Crippen molar-refractivity contribution in [3.63, 3.8) is 0 Å². The van der Waals surface area contributed by atoms with Crippen molar-refractivity contribution in [1.29, 1.82) is 0 Å². The molecule has 0 aliphatic carbocycles. The average Bonchev–Trinajstić information content (AvgIpc) is 3.45. The summed E-state index contributed by atoms with van der Waals surface area (Å²) in [5.74, 6) is 1.92. The summed E-state index contributed by atoms with van der Waals surface area (Å²) < 4.78 is 11.6. The zero-order valence-electron chi connectivity index (χ0n) is 23.9. The molecule has 0 saturated carbocycles. The topological polar surface area (TPSA) is 50.8 Å². The van der Waals surface area contributed by atoms with E-state index in [-0.39, 0.29) is 29.5 Å². The molecule has 1 aliphatic rings. The first-order valence-corrected chi connectivity index (χ1v) is 16.0. The van der Waals surface area contributed by atoms with Crippen LogP contribution in [0.1, 0.15) is 89.5 Å². The Hall–Kier alpha value is -1.83. The SMILES string of the molecule is Br.CCCCCCCCCCCCCCOc1cc(OCC(=O)Nc2ccc(CN3C=CSC3)cc2)ccc1Cl. The first kappa shape index (κ1) is 34.4. The number of carbonyl (C=O) groups is 1. The van der Waals surface area contributed by atoms with Crippen molar-refractivity contribution < 1.29 is 14.3 Å². The van der Waals surface area contributed by atoms with Crippen LogP contribution in [-0.4, -0.2) is 29.9 Å². The molecule has 1 aliphatic heterocycles. The summed E-state index contributed by atoms with van der Waals surface area (Å²) in [5.41, 5.74) is 1.95. The number of halogens is 2. The molecule has 0 saturated heterocycles. The van der Waals surface area contributed by atoms with Gasteiger partial charge in [-0.15, -0.1) is 28.7 Å². The van der Waals surface area contributed by atoms with E-state index in [4.69, 9.17) is 21.1 Å². The predicted molar refractivity (Wildman–Crippen MR) is 176 cm³/mol. The lowest BCUT2D eigenvalue weighted by molar-refractivity contribution is -0.118. The summed E-state index contributed by atoms with van der Waals surface area (Å²) in [6, 6.07) is 13.2. The fourth-order valence-corrected chi connectivity index (χ4v) is 5.38. The van der Waals surface area contributed by atoms with Gasteiger partial charge in [0.1, 0.15) is 11.5 Å². The van der Waals surface area contributed by atoms with Gasteiger partial charge in [0.25, 0.3) is 5.91 Å². The van der Waals surface area contributed by atoms with Crippen molar-refractivity contribution in [3.05, 3.63) is 64.7 Å². The van der Waals surface area contributed by atoms with Gasteiger partial charge < -0.3 is 19.7 Å². The number of hydrogen-bond donors (Lipinski definition) is 1. The number of anilines is 1. The number of benzene rings is 2. The van der Waals surface area contributed by atoms with Crippen LogP contribution in [0.3, 0.4) is 0 Å². The van der Waals surface area contributed by atoms with Crippen LogP contribution in [0.25, 0.3) is 0 Å². The first-order chi connectivity index (χ1) is 19.1. The third kappa shape index (κ3) is 14.2. The van der Waals surface area contributed by atoms with Crippen LogP contribution in [0.5, 0.6) is 11.5 Å². The van der Waals surface area contributed by atoms with Crippen molar-refractivity contribution in [2.24, 2.45) is 0 Å². The van der Waals surface area contributed by atoms with Crippen molar-refractivity contribution >= 4 is 51.9 Å². The second kappa shape index (κ2) is 21.0. The van der Waals surface area contributed by atoms with Gasteiger partial charge in [-0.05, 0) is 41.7 Å². The molecule has 0 bridgehead atoms. The molecule has 2 aromatic rings. The van der Waals surface area contributed by atoms with E-state index in [2.05, 4.69) is 28.7 Å². The quantitative estimate of drug-likeness (QED) is 0.144. The van der Waals surface area contributed by atoms with Crippen LogP contribution in [0, 0.1) is 0 Å². The number of nitrogens with zero attached hydrogens (tertiary/aromatic N) is 1. The van der Waals surface area contributed by atoms with Crippen molar-refractivity contribution in [2.75, 3.05) is 24.4 Å². The van der Waals surface area contributed by atoms with Gasteiger partial charge in [0.15, 0.2) is 6.61 Å². The molecule has 0 spiro atoms. The van der Waals surface area contributed by atoms with Crippen LogP contribution in [0.15, 0.2) is 54.1 Å². The number of unbranched alkanes of at least 4 members (excludes halogenated alkanes) is 11. The van der Waals surface area contributed by atoms with E-state index in [0.717, 1.165) is 24.5 Å². The molecule has 8 heteroatoms. The van der Waals surface area contributed by atoms with E-state index < -0.39 is 0 Å². The van der Waals surface area contributed by atoms with E-state index in [1.165, 1.54) is 76.2 Å². The third-order valence-corrected chi connectivity index (χ3v) is 7.87. The van der Waals surface area contributed by atoms with E-state index >= 15 is 0 Å². The highest BCUT2D eigenvalue weighted by Gasteiger charge is 2.09. The molecule has 1 N–H and O–H groups in total. The number of carbonyl (C=O) groups excluding carboxylic acids is 1. The van der Waals surface area contributed by atoms with Crippen molar-refractivity contribution in [1.82, 2.24) is 4.90 Å². The minimum Gasteiger partial charge on any atom is -0.492 e. The maximum atomic E-state index is 12.4. The standard InChI is InChI=1S/C32H45ClN2O3S.BrH/c1-2-3-4-5-6-7-8-9-10-11-12-13-21-37-31-23-29(18-19-30(31)33)38-25-32(36)34-28-16-14-27(15-17-28)24-35-20-22-39-26-35;/h14-20,22-23H,2-13,21,24-26H2,1H3,(H,34,36);1H. The lowest BCUT2D eigenvalue weighted by atomic mass is 10.1. The zero-order valence-corrected chi connectivity index (χ0v) is 27.2. The van der Waals surface area contributed by atoms with Gasteiger partial charge in [-0.1, -0.05) is 101 Å². The minimum absolute atomic E-state index is 0. The third-order valence-electron chi connectivity index (χ3n) is 6.76. The molecule has 0 unspecified atom stereocenters. The second-order valence-corrected chi connectivity index (χ2v) is 11.5. The minimum atomic E-state index is -0.212. The summed E-state index contributed by atoms with van der Waals surface area (Å²) in [5, 5.41) is 5.54. The highest BCUT2D eigenvalue weighted by molar-refractivity contribution is 8.93. The maximum Gasteiger partial charge on any atom is 0.262 e. The van der Waals surface area contributed by atoms with E-state index in [0.29, 0.717) is 23.1 Å². The zero-order chi connectivity index (χ0) is 27.5. The molecule has 40 heavy (non-hydrogen) atoms. The van der Waals surface area contributed by atoms with Crippen LogP contribution in [0.4, 0.5) is 5.69 Å². The van der Waals surface area contributed by atoms with E-state index in [1.807, 2.05) is 24.3 Å². The number of ether oxygens (including phenoxy) is 2. The van der Waals surface area contributed by atoms with Gasteiger partial charge >= 0.3 is 0 Å². The summed E-state index contributed by atoms with van der Waals surface area (Å²) in [6.07, 6.45) is 17.8. The number of nitrogens with one attached hydrogen (secondary N) is 1. The second-order valence-electron chi connectivity index (χ2n) is 10.2. The molecule has 0 aromatic heterocycles. The summed E-state index contributed by atoms with van der Waals surface area (Å²) in [4.78, 5) is 14.6. The molecule has 222 valence electrons. The van der Waals surface area contributed by atoms with Crippen LogP contribution < -0.4 is 14.8 Å². The van der Waals surface area contributed by atoms with E-state index in [1.54, 1.807) is 30.0 Å². The first-order valence-electron chi connectivity index (χ1n) is 14.6. The van der Waals surface area contributed by atoms with E-state index in [9.17, 15) is 4.79 Å². The largest absolute Gasteiger partial charge is 0.492 e. The predicted octanol–water partition coefficient (Wildman–Crippen LogP) is 9.99. The van der Waals surface area contributed by atoms with Gasteiger partial charge in [0, 0.05) is 24.5 Å². The van der Waals surface area contributed by atoms with Gasteiger partial charge in [-0.25, -0.2) is 0 Å². The average molecular weight is 654 g/mol. The smallest absolute Gasteiger partial charge is 0.262 e. The molecule has 5 nitrogen and oxygen atoms in total. The Morgan fingerprint density at radius 3 is 2.17 bits per heavy atom. The Bertz CT molecular complexity index is 1010. The number of thioether (sulfide) groups is 1. The molecule has 0 atom stereocenters. The monoisotopic (exact) mass is 652 g/mol. The molecule has 1 amide bonds. The number of hydrogen-bond acceptors (Lipinski definition) is 5. The highest BCUT2D eigenvalue weighted by Crippen LogP contribution is 2.29. The summed E-state index contributed by atoms with van der Waals surface area (Å²) >= 11 is 8.10. The molecule has 0 fully saturated rings. The Labute approximate surface area is 261 Å². The Kier molecular flexibility index (Phi) is 18.0. The van der Waals surface area contributed by atoms with Gasteiger partial charge in [-0.3, -0.25) is 4.79 Å².